The van der Waals surface area contributed by atoms with Crippen LogP contribution in [0.2, 0.25) is 0 Å². The summed E-state index contributed by atoms with van der Waals surface area (Å²) in [5.74, 6) is -2.05. The first-order valence-corrected chi connectivity index (χ1v) is 9.65. The molecule has 4 N–H and O–H groups in total. The molecule has 1 aliphatic heterocycles. The zero-order chi connectivity index (χ0) is 23.4. The molecular weight excluding hydrogens is 417 g/mol. The minimum Gasteiger partial charge on any atom is -0.405 e. The number of benzene rings is 1. The van der Waals surface area contributed by atoms with E-state index in [0.29, 0.717) is 19.4 Å². The van der Waals surface area contributed by atoms with Crippen molar-refractivity contribution in [1.82, 2.24) is 10.2 Å². The number of rotatable bonds is 6. The molecule has 2 amide bonds. The van der Waals surface area contributed by atoms with Crippen molar-refractivity contribution in [1.29, 1.82) is 5.26 Å². The van der Waals surface area contributed by atoms with Crippen LogP contribution in [0.3, 0.4) is 0 Å². The number of nitriles is 1. The van der Waals surface area contributed by atoms with Gasteiger partial charge in [-0.05, 0) is 38.8 Å². The molecule has 1 aromatic carbocycles. The van der Waals surface area contributed by atoms with E-state index in [0.717, 1.165) is 6.07 Å². The van der Waals surface area contributed by atoms with E-state index in [1.54, 1.807) is 6.07 Å². The van der Waals surface area contributed by atoms with E-state index >= 15 is 0 Å². The lowest BCUT2D eigenvalue weighted by Gasteiger charge is -2.36. The van der Waals surface area contributed by atoms with Gasteiger partial charge in [-0.1, -0.05) is 6.07 Å². The van der Waals surface area contributed by atoms with E-state index in [9.17, 15) is 27.9 Å². The van der Waals surface area contributed by atoms with Gasteiger partial charge in [0.2, 0.25) is 11.8 Å². The second-order valence-electron chi connectivity index (χ2n) is 7.95. The van der Waals surface area contributed by atoms with Crippen LogP contribution in [0.25, 0.3) is 0 Å². The normalized spacial score (nSPS) is 18.1. The molecule has 1 saturated heterocycles. The molecule has 0 radical (unpaired) electrons. The summed E-state index contributed by atoms with van der Waals surface area (Å²) in [6, 6.07) is 4.14. The summed E-state index contributed by atoms with van der Waals surface area (Å²) >= 11 is 0. The second-order valence-corrected chi connectivity index (χ2v) is 7.95. The summed E-state index contributed by atoms with van der Waals surface area (Å²) in [5.41, 5.74) is 4.42. The number of carbonyl (C=O) groups excluding carboxylic acids is 2. The van der Waals surface area contributed by atoms with Crippen molar-refractivity contribution in [2.24, 2.45) is 11.7 Å². The molecule has 0 aliphatic carbocycles. The lowest BCUT2D eigenvalue weighted by atomic mass is 9.93. The van der Waals surface area contributed by atoms with E-state index in [1.807, 2.05) is 0 Å². The van der Waals surface area contributed by atoms with Crippen molar-refractivity contribution >= 4 is 11.8 Å². The molecule has 2 atom stereocenters. The first-order chi connectivity index (χ1) is 14.3. The van der Waals surface area contributed by atoms with Crippen molar-refractivity contribution in [2.75, 3.05) is 13.1 Å². The van der Waals surface area contributed by atoms with E-state index in [4.69, 9.17) is 11.0 Å². The lowest BCUT2D eigenvalue weighted by molar-refractivity contribution is -0.274. The van der Waals surface area contributed by atoms with Gasteiger partial charge < -0.3 is 25.8 Å². The highest BCUT2D eigenvalue weighted by molar-refractivity contribution is 5.84. The van der Waals surface area contributed by atoms with Crippen molar-refractivity contribution in [3.63, 3.8) is 0 Å². The molecule has 1 heterocycles. The van der Waals surface area contributed by atoms with Crippen LogP contribution < -0.4 is 15.8 Å². The van der Waals surface area contributed by atoms with Crippen LogP contribution in [0.1, 0.15) is 37.8 Å². The Hall–Kier alpha value is -2.84. The molecule has 0 saturated carbocycles. The maximum absolute atomic E-state index is 12.7. The van der Waals surface area contributed by atoms with Crippen LogP contribution in [0.5, 0.6) is 5.75 Å². The molecule has 31 heavy (non-hydrogen) atoms. The second kappa shape index (κ2) is 9.53. The predicted octanol–water partition coefficient (Wildman–Crippen LogP) is 1.41. The van der Waals surface area contributed by atoms with Gasteiger partial charge in [-0.15, -0.1) is 13.2 Å². The third kappa shape index (κ3) is 6.83. The number of piperidine rings is 1. The van der Waals surface area contributed by atoms with Crippen LogP contribution >= 0.6 is 0 Å². The molecule has 0 unspecified atom stereocenters. The SMILES string of the molecule is CC(C)(O)[C@@H](N)C(=O)N1CCC[C@@H](C(=O)NCc2ccc(C#N)cc2OC(F)(F)F)C1. The highest BCUT2D eigenvalue weighted by Crippen LogP contribution is 2.28. The molecule has 0 bridgehead atoms. The van der Waals surface area contributed by atoms with Gasteiger partial charge in [0.15, 0.2) is 0 Å². The number of nitrogens with zero attached hydrogens (tertiary/aromatic N) is 2. The Balaban J connectivity index is 2.04. The van der Waals surface area contributed by atoms with Gasteiger partial charge in [-0.3, -0.25) is 9.59 Å². The Morgan fingerprint density at radius 3 is 2.68 bits per heavy atom. The molecule has 1 aliphatic rings. The molecule has 1 aromatic rings. The van der Waals surface area contributed by atoms with Crippen LogP contribution in [0, 0.1) is 17.2 Å². The number of hydrogen-bond acceptors (Lipinski definition) is 6. The first-order valence-electron chi connectivity index (χ1n) is 9.65. The summed E-state index contributed by atoms with van der Waals surface area (Å²) in [4.78, 5) is 26.5. The number of likely N-dealkylation sites (tertiary alicyclic amines) is 1. The molecule has 11 heteroatoms. The Kier molecular flexibility index (Phi) is 7.51. The predicted molar refractivity (Wildman–Crippen MR) is 103 cm³/mol. The maximum atomic E-state index is 12.7. The van der Waals surface area contributed by atoms with Crippen LogP contribution in [0.15, 0.2) is 18.2 Å². The van der Waals surface area contributed by atoms with Crippen molar-refractivity contribution < 1.29 is 32.6 Å². The Bertz CT molecular complexity index is 861. The summed E-state index contributed by atoms with van der Waals surface area (Å²) in [6.45, 7) is 3.08. The molecular formula is C20H25F3N4O4. The van der Waals surface area contributed by atoms with E-state index in [-0.39, 0.29) is 24.2 Å². The zero-order valence-electron chi connectivity index (χ0n) is 17.2. The minimum absolute atomic E-state index is 0.0149. The molecule has 1 fully saturated rings. The molecule has 0 spiro atoms. The van der Waals surface area contributed by atoms with E-state index in [2.05, 4.69) is 10.1 Å². The third-order valence-electron chi connectivity index (χ3n) is 5.01. The number of halogens is 3. The standard InChI is InChI=1S/C20H25F3N4O4/c1-19(2,30)16(25)18(29)27-7-3-4-14(11-27)17(28)26-10-13-6-5-12(9-24)8-15(13)31-20(21,22)23/h5-6,8,14,16,30H,3-4,7,10-11,25H2,1-2H3,(H,26,28)/t14-,16+/m1/s1. The fraction of sp³-hybridized carbons (Fsp3) is 0.550. The third-order valence-corrected chi connectivity index (χ3v) is 5.01. The van der Waals surface area contributed by atoms with Crippen LogP contribution in [-0.2, 0) is 16.1 Å². The van der Waals surface area contributed by atoms with E-state index in [1.165, 1.54) is 30.9 Å². The zero-order valence-corrected chi connectivity index (χ0v) is 17.2. The quantitative estimate of drug-likeness (QED) is 0.611. The monoisotopic (exact) mass is 442 g/mol. The number of aliphatic hydroxyl groups is 1. The van der Waals surface area contributed by atoms with Gasteiger partial charge >= 0.3 is 6.36 Å². The summed E-state index contributed by atoms with van der Waals surface area (Å²) in [7, 11) is 0. The van der Waals surface area contributed by atoms with Crippen LogP contribution in [-0.4, -0.2) is 52.9 Å². The fourth-order valence-electron chi connectivity index (χ4n) is 3.21. The molecule has 8 nitrogen and oxygen atoms in total. The largest absolute Gasteiger partial charge is 0.573 e. The van der Waals surface area contributed by atoms with Crippen molar-refractivity contribution in [2.45, 2.75) is 51.2 Å². The fourth-order valence-corrected chi connectivity index (χ4v) is 3.21. The first kappa shape index (κ1) is 24.4. The number of hydrogen-bond donors (Lipinski definition) is 3. The summed E-state index contributed by atoms with van der Waals surface area (Å²) in [5, 5.41) is 21.4. The molecule has 0 aromatic heterocycles. The van der Waals surface area contributed by atoms with Crippen molar-refractivity contribution in [3.05, 3.63) is 29.3 Å². The van der Waals surface area contributed by atoms with Gasteiger partial charge in [0.05, 0.1) is 23.2 Å². The van der Waals surface area contributed by atoms with Gasteiger partial charge in [-0.25, -0.2) is 0 Å². The highest BCUT2D eigenvalue weighted by atomic mass is 19.4. The summed E-state index contributed by atoms with van der Waals surface area (Å²) in [6.07, 6.45) is -3.91. The minimum atomic E-state index is -4.95. The average molecular weight is 442 g/mol. The highest BCUT2D eigenvalue weighted by Gasteiger charge is 2.36. The van der Waals surface area contributed by atoms with Gasteiger partial charge in [0.1, 0.15) is 11.8 Å². The van der Waals surface area contributed by atoms with Gasteiger partial charge in [0.25, 0.3) is 0 Å². The number of amides is 2. The Morgan fingerprint density at radius 2 is 2.10 bits per heavy atom. The van der Waals surface area contributed by atoms with Crippen molar-refractivity contribution in [3.8, 4) is 11.8 Å². The number of ether oxygens (including phenoxy) is 1. The maximum Gasteiger partial charge on any atom is 0.573 e. The number of nitrogens with two attached hydrogens (primary N) is 1. The topological polar surface area (TPSA) is 129 Å². The number of nitrogens with one attached hydrogen (secondary N) is 1. The Labute approximate surface area is 177 Å². The van der Waals surface area contributed by atoms with E-state index < -0.39 is 41.5 Å². The average Bonchev–Trinajstić information content (AvgIpc) is 2.69. The number of carbonyl (C=O) groups is 2. The Morgan fingerprint density at radius 1 is 1.42 bits per heavy atom. The lowest BCUT2D eigenvalue weighted by Crippen LogP contribution is -2.57. The van der Waals surface area contributed by atoms with Gasteiger partial charge in [-0.2, -0.15) is 5.26 Å². The summed E-state index contributed by atoms with van der Waals surface area (Å²) < 4.78 is 41.9. The number of alkyl halides is 3. The van der Waals surface area contributed by atoms with Gasteiger partial charge in [0, 0.05) is 25.2 Å². The van der Waals surface area contributed by atoms with Crippen LogP contribution in [0.4, 0.5) is 13.2 Å². The molecule has 2 rings (SSSR count). The molecule has 170 valence electrons. The smallest absolute Gasteiger partial charge is 0.405 e.